The van der Waals surface area contributed by atoms with Crippen molar-refractivity contribution in [2.24, 2.45) is 0 Å². The van der Waals surface area contributed by atoms with Gasteiger partial charge in [0.15, 0.2) is 38.0 Å². The first kappa shape index (κ1) is 89.2. The smallest absolute Gasteiger partial charge is 0.267 e. The van der Waals surface area contributed by atoms with Gasteiger partial charge in [-0.1, -0.05) is 41.9 Å². The molecule has 0 saturated heterocycles. The molecule has 126 heavy (non-hydrogen) atoms. The van der Waals surface area contributed by atoms with Crippen LogP contribution in [0.4, 0.5) is 78.8 Å². The lowest BCUT2D eigenvalue weighted by atomic mass is 10.1. The maximum Gasteiger partial charge on any atom is 0.267 e. The zero-order chi connectivity index (χ0) is 89.6. The number of sulfonamides is 3. The Morgan fingerprint density at radius 3 is 1.18 bits per heavy atom. The summed E-state index contributed by atoms with van der Waals surface area (Å²) in [6.45, 7) is 6.16. The number of aromatic nitrogens is 14. The fourth-order valence-electron chi connectivity index (χ4n) is 11.8. The Bertz CT molecular complexity index is 7040. The number of halogens is 11. The van der Waals surface area contributed by atoms with Gasteiger partial charge >= 0.3 is 0 Å². The molecular formula is C81H61ClF10N20O8S6. The summed E-state index contributed by atoms with van der Waals surface area (Å²) in [5.41, 5.74) is 1.67. The number of hydrogen-bond acceptors (Lipinski definition) is 28. The number of nitrogens with zero attached hydrogens (tertiary/aromatic N) is 14. The summed E-state index contributed by atoms with van der Waals surface area (Å²) in [5.74, 6) is -11.1. The van der Waals surface area contributed by atoms with Crippen molar-refractivity contribution in [1.29, 1.82) is 0 Å². The Hall–Kier alpha value is -13.1. The van der Waals surface area contributed by atoms with Gasteiger partial charge < -0.3 is 26.2 Å². The van der Waals surface area contributed by atoms with Crippen LogP contribution in [0.3, 0.4) is 0 Å². The number of benzene rings is 6. The standard InChI is InChI=1S/C28H22F3N7O2S2.C27H22F3N7O3S2.C26H17ClF4N6O3S2/c1-14-6-10-18(29)26(22(14)30)42(39,40)38-19-5-3-4-17(23(19)31)24-25(20-12-13-32-28(34-20)33-16-8-9-16)41-27(35-24)21-11-7-15(2)36-37-21;1-14-6-8-17(28)25(21(14)29)42(39,40)37-18-5-3-4-16(22(18)30)23-24(19-10-11-31-27(33-19)32-12-13-38)41-26(34-23)20-9-7-15(2)35-36-20;27-16-4-5-17(29)24(21(16)31)42(39,40)37-18-3-1-2-15(20(18)30)22-23(19-6-7-33-26(35-19)34-8-9-38)41-25(36-22)13-10-14(28)12-32-11-13/h3-7,10-13,16,38H,8-9H2,1-2H3,(H,32,33,34);3-11,37-38H,12-13H2,1-2H3,(H,31,32,33);1-7,10-12,37-38H,8-9H2,(H,33,34,35). The lowest BCUT2D eigenvalue weighted by Crippen LogP contribution is -2.18. The second-order valence-corrected chi connectivity index (χ2v) is 35.4. The predicted molar refractivity (Wildman–Crippen MR) is 454 cm³/mol. The van der Waals surface area contributed by atoms with E-state index in [1.54, 1.807) is 56.4 Å². The Balaban J connectivity index is 0.000000153. The highest BCUT2D eigenvalue weighted by atomic mass is 35.5. The van der Waals surface area contributed by atoms with Crippen molar-refractivity contribution in [2.75, 3.05) is 56.4 Å². The van der Waals surface area contributed by atoms with Gasteiger partial charge in [-0.25, -0.2) is 114 Å². The SMILES string of the molecule is Cc1ccc(-c2nc(-c3cccc(NS(=O)(=O)c4c(F)ccc(C)c4F)c3F)c(-c3ccnc(NC4CC4)n3)s2)nn1.Cc1ccc(-c2nc(-c3cccc(NS(=O)(=O)c4c(F)ccc(C)c4F)c3F)c(-c3ccnc(NCCO)n3)s2)nn1.O=S(=O)(Nc1cccc(-c2nc(-c3cncc(F)c3)sc2-c2ccnc(NCCO)n2)c1F)c1c(F)ccc(Cl)c1F. The van der Waals surface area contributed by atoms with E-state index in [2.05, 4.69) is 86.2 Å². The van der Waals surface area contributed by atoms with E-state index < -0.39 is 125 Å². The van der Waals surface area contributed by atoms with Crippen LogP contribution in [0.15, 0.2) is 185 Å². The third-order valence-corrected chi connectivity index (χ3v) is 25.8. The average Bonchev–Trinajstić information content (AvgIpc) is 1.60. The minimum Gasteiger partial charge on any atom is -0.395 e. The molecule has 28 nitrogen and oxygen atoms in total. The summed E-state index contributed by atoms with van der Waals surface area (Å²) in [6.07, 6.45) is 8.86. The molecule has 16 rings (SSSR count). The van der Waals surface area contributed by atoms with Crippen molar-refractivity contribution in [2.45, 2.75) is 61.3 Å². The third kappa shape index (κ3) is 19.8. The number of pyridine rings is 1. The van der Waals surface area contributed by atoms with Crippen molar-refractivity contribution in [3.63, 3.8) is 0 Å². The van der Waals surface area contributed by atoms with Gasteiger partial charge in [-0.3, -0.25) is 19.2 Å². The van der Waals surface area contributed by atoms with Crippen molar-refractivity contribution < 1.29 is 79.4 Å². The molecule has 1 saturated carbocycles. The first-order valence-electron chi connectivity index (χ1n) is 37.0. The summed E-state index contributed by atoms with van der Waals surface area (Å²) in [5, 5.41) is 44.1. The van der Waals surface area contributed by atoms with Crippen LogP contribution < -0.4 is 30.1 Å². The number of aliphatic hydroxyl groups is 2. The molecule has 1 aliphatic rings. The quantitative estimate of drug-likeness (QED) is 0.0184. The van der Waals surface area contributed by atoms with Gasteiger partial charge in [0, 0.05) is 66.2 Å². The van der Waals surface area contributed by atoms with Crippen molar-refractivity contribution in [3.05, 3.63) is 256 Å². The van der Waals surface area contributed by atoms with Crippen molar-refractivity contribution in [3.8, 4) is 97.5 Å². The average molecular weight is 1860 g/mol. The second kappa shape index (κ2) is 37.8. The van der Waals surface area contributed by atoms with Crippen molar-refractivity contribution >= 4 is 111 Å². The molecule has 0 amide bonds. The van der Waals surface area contributed by atoms with Gasteiger partial charge in [0.25, 0.3) is 30.1 Å². The lowest BCUT2D eigenvalue weighted by molar-refractivity contribution is 0.310. The highest BCUT2D eigenvalue weighted by Crippen LogP contribution is 2.47. The van der Waals surface area contributed by atoms with Gasteiger partial charge in [0.2, 0.25) is 17.8 Å². The van der Waals surface area contributed by atoms with Gasteiger partial charge in [0.1, 0.15) is 61.3 Å². The minimum absolute atomic E-state index is 0.00438. The van der Waals surface area contributed by atoms with E-state index in [-0.39, 0.29) is 99.4 Å². The third-order valence-electron chi connectivity index (χ3n) is 18.0. The summed E-state index contributed by atoms with van der Waals surface area (Å²) < 4.78 is 233. The maximum absolute atomic E-state index is 16.1. The number of hydrogen-bond donors (Lipinski definition) is 8. The van der Waals surface area contributed by atoms with E-state index in [9.17, 15) is 56.0 Å². The van der Waals surface area contributed by atoms with E-state index in [1.807, 2.05) is 14.2 Å². The molecule has 9 heterocycles. The second-order valence-electron chi connectivity index (χ2n) is 27.1. The summed E-state index contributed by atoms with van der Waals surface area (Å²) in [6, 6.07) is 30.1. The van der Waals surface area contributed by atoms with Crippen LogP contribution in [-0.2, 0) is 30.1 Å². The summed E-state index contributed by atoms with van der Waals surface area (Å²) in [4.78, 5) is 40.9. The zero-order valence-electron chi connectivity index (χ0n) is 65.2. The number of aryl methyl sites for hydroxylation is 4. The maximum atomic E-state index is 16.1. The number of nitrogens with one attached hydrogen (secondary N) is 6. The van der Waals surface area contributed by atoms with Crippen LogP contribution >= 0.6 is 45.6 Å². The molecule has 6 aromatic carbocycles. The minimum atomic E-state index is -4.98. The topological polar surface area (TPSA) is 396 Å². The molecule has 1 fully saturated rings. The summed E-state index contributed by atoms with van der Waals surface area (Å²) >= 11 is 9.01. The Morgan fingerprint density at radius 2 is 0.794 bits per heavy atom. The first-order valence-corrected chi connectivity index (χ1v) is 44.2. The fraction of sp³-hybridized carbons (Fsp3) is 0.136. The Labute approximate surface area is 726 Å². The highest BCUT2D eigenvalue weighted by Gasteiger charge is 2.34. The van der Waals surface area contributed by atoms with E-state index >= 15 is 13.2 Å². The van der Waals surface area contributed by atoms with Gasteiger partial charge in [-0.15, -0.1) is 44.2 Å². The predicted octanol–water partition coefficient (Wildman–Crippen LogP) is 16.8. The normalized spacial score (nSPS) is 12.1. The number of anilines is 6. The Kier molecular flexibility index (Phi) is 26.7. The molecule has 0 spiro atoms. The zero-order valence-corrected chi connectivity index (χ0v) is 70.9. The van der Waals surface area contributed by atoms with Crippen LogP contribution in [-0.4, -0.2) is 138 Å². The van der Waals surface area contributed by atoms with Crippen molar-refractivity contribution in [1.82, 2.24) is 70.2 Å². The van der Waals surface area contributed by atoms with E-state index in [1.165, 1.54) is 92.3 Å². The number of rotatable bonds is 26. The first-order chi connectivity index (χ1) is 60.3. The van der Waals surface area contributed by atoms with Crippen LogP contribution in [0, 0.1) is 85.9 Å². The molecular weight excluding hydrogens is 1800 g/mol. The molecule has 0 aliphatic heterocycles. The van der Waals surface area contributed by atoms with E-state index in [4.69, 9.17) is 21.8 Å². The molecule has 1 aliphatic carbocycles. The van der Waals surface area contributed by atoms with Gasteiger partial charge in [0.05, 0.1) is 102 Å². The summed E-state index contributed by atoms with van der Waals surface area (Å²) in [7, 11) is -14.7. The highest BCUT2D eigenvalue weighted by molar-refractivity contribution is 7.93. The molecule has 9 aromatic heterocycles. The molecule has 0 atom stereocenters. The fourth-order valence-corrected chi connectivity index (χ4v) is 18.9. The van der Waals surface area contributed by atoms with Gasteiger partial charge in [-0.05, 0) is 161 Å². The van der Waals surface area contributed by atoms with Crippen LogP contribution in [0.25, 0.3) is 97.5 Å². The molecule has 15 aromatic rings. The van der Waals surface area contributed by atoms with Crippen LogP contribution in [0.2, 0.25) is 5.02 Å². The Morgan fingerprint density at radius 1 is 0.413 bits per heavy atom. The van der Waals surface area contributed by atoms with Crippen LogP contribution in [0.1, 0.15) is 35.4 Å². The molecule has 646 valence electrons. The molecule has 0 radical (unpaired) electrons. The number of aliphatic hydroxyl groups excluding tert-OH is 2. The number of thiazole rings is 3. The molecule has 0 bridgehead atoms. The van der Waals surface area contributed by atoms with Gasteiger partial charge in [-0.2, -0.15) is 10.2 Å². The van der Waals surface area contributed by atoms with E-state index in [0.29, 0.717) is 76.9 Å². The van der Waals surface area contributed by atoms with E-state index in [0.717, 1.165) is 90.2 Å². The lowest BCUT2D eigenvalue weighted by Gasteiger charge is -2.13. The monoisotopic (exact) mass is 1860 g/mol. The molecule has 8 N–H and O–H groups in total. The molecule has 0 unspecified atom stereocenters. The van der Waals surface area contributed by atoms with Crippen LogP contribution in [0.5, 0.6) is 0 Å². The largest absolute Gasteiger partial charge is 0.395 e. The molecule has 45 heteroatoms.